The second-order valence-corrected chi connectivity index (χ2v) is 25.8. The number of aromatic amines is 1. The van der Waals surface area contributed by atoms with E-state index in [1.54, 1.807) is 49.9 Å². The van der Waals surface area contributed by atoms with E-state index in [1.165, 1.54) is 0 Å². The maximum Gasteiger partial charge on any atom is 0.356 e. The molecule has 0 saturated heterocycles. The first kappa shape index (κ1) is 45.5. The fourth-order valence-electron chi connectivity index (χ4n) is 7.34. The summed E-state index contributed by atoms with van der Waals surface area (Å²) in [4.78, 5) is 32.6. The van der Waals surface area contributed by atoms with Crippen LogP contribution in [0, 0.1) is 10.8 Å². The van der Waals surface area contributed by atoms with E-state index in [1.807, 2.05) is 47.2 Å². The molecule has 2 unspecified atom stereocenters. The van der Waals surface area contributed by atoms with Gasteiger partial charge in [-0.3, -0.25) is 19.3 Å². The van der Waals surface area contributed by atoms with Crippen molar-refractivity contribution in [2.75, 3.05) is 17.7 Å². The summed E-state index contributed by atoms with van der Waals surface area (Å²) in [6, 6.07) is 1.28. The Morgan fingerprint density at radius 1 is 0.918 bits per heavy atom. The SMILES string of the molecule is CC(c1cscn1)n1cc(N)cn1.CC(c1cscn1)n1cc(NC(=O)c2n[nH]c3c2CCC(C)(C)C3)cn1.CC1(C)CCc2c(C(=O)O)nn(COCC[Si](C)(C)C)c2C1. The van der Waals surface area contributed by atoms with E-state index in [2.05, 4.69) is 88.1 Å². The molecule has 0 bridgehead atoms. The minimum absolute atomic E-state index is 0.0206. The Labute approximate surface area is 366 Å². The third-order valence-electron chi connectivity index (χ3n) is 11.2. The molecule has 6 aromatic rings. The molecule has 0 aromatic carbocycles. The molecule has 0 fully saturated rings. The number of amides is 1. The number of anilines is 2. The summed E-state index contributed by atoms with van der Waals surface area (Å²) >= 11 is 3.14. The van der Waals surface area contributed by atoms with Gasteiger partial charge < -0.3 is 20.9 Å². The van der Waals surface area contributed by atoms with E-state index in [4.69, 9.17) is 10.5 Å². The number of fused-ring (bicyclic) bond motifs is 2. The van der Waals surface area contributed by atoms with Crippen LogP contribution in [0.4, 0.5) is 11.4 Å². The van der Waals surface area contributed by atoms with E-state index in [-0.39, 0.29) is 34.5 Å². The number of nitrogens with one attached hydrogen (secondary N) is 2. The van der Waals surface area contributed by atoms with E-state index < -0.39 is 14.0 Å². The number of H-pyrrole nitrogens is 1. The van der Waals surface area contributed by atoms with Crippen LogP contribution in [0.5, 0.6) is 0 Å². The van der Waals surface area contributed by atoms with Gasteiger partial charge in [0, 0.05) is 60.3 Å². The molecule has 8 rings (SSSR count). The van der Waals surface area contributed by atoms with Gasteiger partial charge in [-0.05, 0) is 69.2 Å². The molecular formula is C42H60N12O4S2Si. The van der Waals surface area contributed by atoms with Gasteiger partial charge >= 0.3 is 5.97 Å². The van der Waals surface area contributed by atoms with Crippen molar-refractivity contribution in [3.63, 3.8) is 0 Å². The van der Waals surface area contributed by atoms with Crippen molar-refractivity contribution in [3.8, 4) is 0 Å². The quantitative estimate of drug-likeness (QED) is 0.0677. The van der Waals surface area contributed by atoms with Gasteiger partial charge in [0.05, 0.1) is 58.3 Å². The van der Waals surface area contributed by atoms with Gasteiger partial charge in [-0.1, -0.05) is 47.3 Å². The van der Waals surface area contributed by atoms with Crippen molar-refractivity contribution in [3.05, 3.63) is 91.9 Å². The van der Waals surface area contributed by atoms with Gasteiger partial charge in [0.2, 0.25) is 0 Å². The number of nitrogen functional groups attached to an aromatic ring is 1. The van der Waals surface area contributed by atoms with Crippen molar-refractivity contribution in [2.24, 2.45) is 10.8 Å². The molecular weight excluding hydrogens is 829 g/mol. The molecule has 2 aliphatic rings. The Morgan fingerprint density at radius 2 is 1.52 bits per heavy atom. The standard InChI is InChI=1S/C18H22N6OS.C16H28N2O3Si.C8H10N4S/c1-11(15-9-26-10-19-15)24-8-12(7-20-24)21-17(25)16-13-4-5-18(2,3)6-14(13)22-23-16;1-16(2)7-6-12-13(10-16)18(17-14(12)15(19)20)11-21-8-9-22(3,4)5;1-6(8-4-13-5-10-8)12-3-7(9)2-11-12/h7-11H,4-6H2,1-3H3,(H,21,25)(H,22,23);6-11H2,1-5H3,(H,19,20);2-6H,9H2,1H3. The molecule has 16 nitrogen and oxygen atoms in total. The molecule has 0 radical (unpaired) electrons. The summed E-state index contributed by atoms with van der Waals surface area (Å²) in [5, 5.41) is 36.4. The molecule has 61 heavy (non-hydrogen) atoms. The lowest BCUT2D eigenvalue weighted by Crippen LogP contribution is -2.25. The Bertz CT molecular complexity index is 2370. The number of nitrogens with two attached hydrogens (primary N) is 1. The Morgan fingerprint density at radius 3 is 2.10 bits per heavy atom. The largest absolute Gasteiger partial charge is 0.476 e. The zero-order chi connectivity index (χ0) is 44.1. The summed E-state index contributed by atoms with van der Waals surface area (Å²) in [7, 11) is -1.11. The predicted molar refractivity (Wildman–Crippen MR) is 242 cm³/mol. The monoisotopic (exact) mass is 888 g/mol. The summed E-state index contributed by atoms with van der Waals surface area (Å²) in [6.45, 7) is 21.0. The van der Waals surface area contributed by atoms with Gasteiger partial charge in [0.15, 0.2) is 11.4 Å². The molecule has 0 saturated carbocycles. The molecule has 19 heteroatoms. The van der Waals surface area contributed by atoms with Crippen LogP contribution in [0.15, 0.2) is 46.6 Å². The number of carbonyl (C=O) groups excluding carboxylic acids is 1. The third kappa shape index (κ3) is 11.9. The highest BCUT2D eigenvalue weighted by atomic mass is 32.1. The normalized spacial score (nSPS) is 16.2. The number of thiazole rings is 2. The van der Waals surface area contributed by atoms with Gasteiger partial charge in [-0.15, -0.1) is 22.7 Å². The minimum atomic E-state index is -1.11. The number of aromatic carboxylic acids is 1. The zero-order valence-electron chi connectivity index (χ0n) is 36.7. The van der Waals surface area contributed by atoms with Crippen LogP contribution in [-0.2, 0) is 37.2 Å². The average Bonchev–Trinajstić information content (AvgIpc) is 4.05. The molecule has 0 aliphatic heterocycles. The van der Waals surface area contributed by atoms with Gasteiger partial charge in [-0.2, -0.15) is 20.4 Å². The second-order valence-electron chi connectivity index (χ2n) is 18.7. The van der Waals surface area contributed by atoms with Gasteiger partial charge in [-0.25, -0.2) is 19.4 Å². The maximum atomic E-state index is 12.7. The average molecular weight is 889 g/mol. The van der Waals surface area contributed by atoms with Crippen LogP contribution >= 0.6 is 22.7 Å². The van der Waals surface area contributed by atoms with Crippen LogP contribution in [0.1, 0.15) is 121 Å². The zero-order valence-corrected chi connectivity index (χ0v) is 39.4. The fourth-order valence-corrected chi connectivity index (χ4v) is 9.38. The van der Waals surface area contributed by atoms with Crippen molar-refractivity contribution in [1.29, 1.82) is 0 Å². The first-order valence-corrected chi connectivity index (χ1v) is 26.3. The third-order valence-corrected chi connectivity index (χ3v) is 14.1. The lowest BCUT2D eigenvalue weighted by Gasteiger charge is -2.30. The van der Waals surface area contributed by atoms with Gasteiger partial charge in [0.25, 0.3) is 5.91 Å². The lowest BCUT2D eigenvalue weighted by atomic mass is 9.76. The number of hydrogen-bond acceptors (Lipinski definition) is 12. The van der Waals surface area contributed by atoms with Gasteiger partial charge in [0.1, 0.15) is 6.73 Å². The molecule has 0 spiro atoms. The van der Waals surface area contributed by atoms with Crippen LogP contribution in [0.2, 0.25) is 25.7 Å². The predicted octanol–water partition coefficient (Wildman–Crippen LogP) is 8.38. The Hall–Kier alpha value is -4.98. The number of nitrogens with zero attached hydrogens (tertiary/aromatic N) is 9. The number of hydrogen-bond donors (Lipinski definition) is 4. The van der Waals surface area contributed by atoms with E-state index in [0.717, 1.165) is 85.1 Å². The maximum absolute atomic E-state index is 12.7. The van der Waals surface area contributed by atoms with E-state index >= 15 is 0 Å². The first-order valence-electron chi connectivity index (χ1n) is 20.7. The summed E-state index contributed by atoms with van der Waals surface area (Å²) in [5.41, 5.74) is 17.7. The van der Waals surface area contributed by atoms with E-state index in [0.29, 0.717) is 23.8 Å². The highest BCUT2D eigenvalue weighted by Gasteiger charge is 2.33. The molecule has 328 valence electrons. The number of ether oxygens (including phenoxy) is 1. The van der Waals surface area contributed by atoms with Crippen LogP contribution in [0.25, 0.3) is 0 Å². The highest BCUT2D eigenvalue weighted by Crippen LogP contribution is 2.37. The highest BCUT2D eigenvalue weighted by molar-refractivity contribution is 7.07. The number of carboxylic acids is 1. The number of carbonyl (C=O) groups is 2. The van der Waals surface area contributed by atoms with E-state index in [9.17, 15) is 14.7 Å². The topological polar surface area (TPSA) is 210 Å². The number of carboxylic acid groups (broad SMARTS) is 1. The number of aromatic nitrogens is 10. The van der Waals surface area contributed by atoms with Crippen molar-refractivity contribution >= 4 is 54.0 Å². The van der Waals surface area contributed by atoms with Crippen LogP contribution in [-0.4, -0.2) is 81.2 Å². The Balaban J connectivity index is 0.000000161. The second kappa shape index (κ2) is 19.0. The summed E-state index contributed by atoms with van der Waals surface area (Å²) in [6.07, 6.45) is 12.4. The smallest absolute Gasteiger partial charge is 0.356 e. The molecule has 6 heterocycles. The molecule has 6 aromatic heterocycles. The number of rotatable bonds is 12. The first-order chi connectivity index (χ1) is 28.8. The molecule has 1 amide bonds. The lowest BCUT2D eigenvalue weighted by molar-refractivity contribution is 0.0667. The van der Waals surface area contributed by atoms with Crippen molar-refractivity contribution in [2.45, 2.75) is 125 Å². The van der Waals surface area contributed by atoms with Crippen molar-refractivity contribution in [1.82, 2.24) is 49.5 Å². The fraction of sp³-hybridized carbons (Fsp3) is 0.524. The molecule has 5 N–H and O–H groups in total. The summed E-state index contributed by atoms with van der Waals surface area (Å²) < 4.78 is 11.1. The van der Waals surface area contributed by atoms with Crippen molar-refractivity contribution < 1.29 is 19.4 Å². The molecule has 2 aliphatic carbocycles. The van der Waals surface area contributed by atoms with Crippen LogP contribution in [0.3, 0.4) is 0 Å². The summed E-state index contributed by atoms with van der Waals surface area (Å²) in [5.74, 6) is -1.13. The minimum Gasteiger partial charge on any atom is -0.476 e. The van der Waals surface area contributed by atoms with Crippen LogP contribution < -0.4 is 11.1 Å². The Kier molecular flexibility index (Phi) is 14.2. The molecule has 2 atom stereocenters.